The van der Waals surface area contributed by atoms with Gasteiger partial charge in [-0.2, -0.15) is 0 Å². The highest BCUT2D eigenvalue weighted by Gasteiger charge is 2.27. The molecule has 9 rings (SSSR count). The molecule has 3 heterocycles. The Morgan fingerprint density at radius 3 is 1.80 bits per heavy atom. The first kappa shape index (κ1) is 22.3. The summed E-state index contributed by atoms with van der Waals surface area (Å²) in [6, 6.07) is 42.7. The van der Waals surface area contributed by atoms with E-state index in [1.54, 1.807) is 0 Å². The Bertz CT molecular complexity index is 2330. The van der Waals surface area contributed by atoms with Crippen molar-refractivity contribution < 1.29 is 4.42 Å². The van der Waals surface area contributed by atoms with Crippen LogP contribution >= 0.6 is 0 Å². The van der Waals surface area contributed by atoms with E-state index in [-0.39, 0.29) is 0 Å². The number of para-hydroxylation sites is 2. The van der Waals surface area contributed by atoms with Crippen molar-refractivity contribution in [1.29, 1.82) is 0 Å². The molecule has 0 amide bonds. The molecule has 0 radical (unpaired) electrons. The minimum Gasteiger partial charge on any atom is -0.455 e. The second-order valence-corrected chi connectivity index (χ2v) is 10.5. The lowest BCUT2D eigenvalue weighted by Gasteiger charge is -2.25. The molecule has 0 fully saturated rings. The average Bonchev–Trinajstić information content (AvgIpc) is 3.42. The lowest BCUT2D eigenvalue weighted by atomic mass is 9.78. The van der Waals surface area contributed by atoms with Gasteiger partial charge in [0, 0.05) is 45.4 Å². The summed E-state index contributed by atoms with van der Waals surface area (Å²) in [4.78, 5) is 9.84. The van der Waals surface area contributed by atoms with E-state index in [1.165, 1.54) is 22.3 Å². The molecule has 5 aromatic carbocycles. The number of hydrogen-bond donors (Lipinski definition) is 0. The van der Waals surface area contributed by atoms with Crippen LogP contribution in [0.5, 0.6) is 0 Å². The topological polar surface area (TPSA) is 38.9 Å². The maximum Gasteiger partial charge on any atom is 0.143 e. The standard InChI is InChI=1S/C38H22N2O/c1-3-12-25-23(10-1)24-11-2-4-13-26(24)32-22-40-33-19-9-21-39-37(33)36(32)35-28(25)15-7-16-29(35)31-18-8-17-30-27-14-5-6-20-34(27)41-38(30)31/h1-22H. The fraction of sp³-hybridized carbons (Fsp3) is 0. The van der Waals surface area contributed by atoms with Gasteiger partial charge in [0.05, 0.1) is 11.0 Å². The van der Waals surface area contributed by atoms with E-state index in [0.717, 1.165) is 66.4 Å². The van der Waals surface area contributed by atoms with E-state index in [2.05, 4.69) is 97.1 Å². The van der Waals surface area contributed by atoms with Crippen molar-refractivity contribution in [1.82, 2.24) is 9.97 Å². The summed E-state index contributed by atoms with van der Waals surface area (Å²) in [6.07, 6.45) is 3.89. The van der Waals surface area contributed by atoms with Crippen LogP contribution < -0.4 is 0 Å². The van der Waals surface area contributed by atoms with Crippen LogP contribution in [-0.4, -0.2) is 9.97 Å². The summed E-state index contributed by atoms with van der Waals surface area (Å²) in [6.45, 7) is 0. The summed E-state index contributed by atoms with van der Waals surface area (Å²) in [7, 11) is 0. The molecule has 0 saturated carbocycles. The predicted octanol–water partition coefficient (Wildman–Crippen LogP) is 10.2. The van der Waals surface area contributed by atoms with Gasteiger partial charge in [-0.1, -0.05) is 103 Å². The molecule has 3 heteroatoms. The number of hydrogen-bond acceptors (Lipinski definition) is 3. The number of furan rings is 1. The highest BCUT2D eigenvalue weighted by molar-refractivity contribution is 6.16. The first-order chi connectivity index (χ1) is 20.4. The quantitative estimate of drug-likeness (QED) is 0.215. The maximum atomic E-state index is 6.56. The number of nitrogens with zero attached hydrogens (tertiary/aromatic N) is 2. The third-order valence-electron chi connectivity index (χ3n) is 8.36. The molecule has 0 bridgehead atoms. The summed E-state index contributed by atoms with van der Waals surface area (Å²) < 4.78 is 6.56. The van der Waals surface area contributed by atoms with Gasteiger partial charge in [-0.05, 0) is 51.6 Å². The second kappa shape index (κ2) is 8.48. The van der Waals surface area contributed by atoms with Crippen LogP contribution in [0.25, 0.3) is 88.6 Å². The van der Waals surface area contributed by atoms with Gasteiger partial charge in [-0.25, -0.2) is 0 Å². The zero-order valence-corrected chi connectivity index (χ0v) is 22.0. The van der Waals surface area contributed by atoms with E-state index < -0.39 is 0 Å². The third-order valence-corrected chi connectivity index (χ3v) is 8.36. The molecular weight excluding hydrogens is 500 g/mol. The van der Waals surface area contributed by atoms with Crippen LogP contribution in [0.15, 0.2) is 138 Å². The highest BCUT2D eigenvalue weighted by atomic mass is 16.3. The summed E-state index contributed by atoms with van der Waals surface area (Å²) in [5, 5.41) is 2.24. The number of fused-ring (bicyclic) bond motifs is 13. The van der Waals surface area contributed by atoms with Crippen LogP contribution in [0.2, 0.25) is 0 Å². The Balaban J connectivity index is 1.50. The largest absolute Gasteiger partial charge is 0.455 e. The number of benzene rings is 5. The van der Waals surface area contributed by atoms with Gasteiger partial charge in [-0.3, -0.25) is 9.97 Å². The van der Waals surface area contributed by atoms with E-state index >= 15 is 0 Å². The van der Waals surface area contributed by atoms with Crippen molar-refractivity contribution in [2.45, 2.75) is 0 Å². The molecule has 190 valence electrons. The normalized spacial score (nSPS) is 11.9. The maximum absolute atomic E-state index is 6.56. The van der Waals surface area contributed by atoms with Crippen molar-refractivity contribution in [2.75, 3.05) is 0 Å². The molecule has 0 aliphatic heterocycles. The lowest BCUT2D eigenvalue weighted by Crippen LogP contribution is -2.01. The fourth-order valence-electron chi connectivity index (χ4n) is 6.61. The molecule has 0 spiro atoms. The summed E-state index contributed by atoms with van der Waals surface area (Å²) in [5.74, 6) is 0. The molecule has 0 atom stereocenters. The van der Waals surface area contributed by atoms with Crippen LogP contribution in [0.4, 0.5) is 0 Å². The zero-order valence-electron chi connectivity index (χ0n) is 22.0. The van der Waals surface area contributed by atoms with E-state index in [9.17, 15) is 0 Å². The van der Waals surface area contributed by atoms with E-state index in [4.69, 9.17) is 14.4 Å². The SMILES string of the molecule is c1ccc2c(c1)-c1ccccc1-c1cnc3cccnc3c1-c1c-2cccc1-c1cccc2c1oc1ccccc12. The molecular formula is C38H22N2O. The second-order valence-electron chi connectivity index (χ2n) is 10.5. The number of aromatic nitrogens is 2. The van der Waals surface area contributed by atoms with E-state index in [1.807, 2.05) is 36.7 Å². The Kier molecular flexibility index (Phi) is 4.61. The van der Waals surface area contributed by atoms with Gasteiger partial charge in [0.2, 0.25) is 0 Å². The van der Waals surface area contributed by atoms with Gasteiger partial charge in [0.25, 0.3) is 0 Å². The molecule has 1 aliphatic rings. The van der Waals surface area contributed by atoms with Crippen LogP contribution in [0.3, 0.4) is 0 Å². The van der Waals surface area contributed by atoms with Gasteiger partial charge in [0.1, 0.15) is 11.2 Å². The first-order valence-corrected chi connectivity index (χ1v) is 13.8. The minimum atomic E-state index is 0.875. The summed E-state index contributed by atoms with van der Waals surface area (Å²) >= 11 is 0. The van der Waals surface area contributed by atoms with Crippen LogP contribution in [-0.2, 0) is 0 Å². The Hall–Kier alpha value is -5.54. The predicted molar refractivity (Wildman–Crippen MR) is 168 cm³/mol. The number of rotatable bonds is 1. The Morgan fingerprint density at radius 2 is 1.00 bits per heavy atom. The van der Waals surface area contributed by atoms with Crippen molar-refractivity contribution in [3.63, 3.8) is 0 Å². The molecule has 0 saturated heterocycles. The van der Waals surface area contributed by atoms with Crippen molar-refractivity contribution >= 4 is 33.0 Å². The van der Waals surface area contributed by atoms with Gasteiger partial charge in [0.15, 0.2) is 0 Å². The molecule has 8 aromatic rings. The fourth-order valence-corrected chi connectivity index (χ4v) is 6.61. The Morgan fingerprint density at radius 1 is 0.415 bits per heavy atom. The molecule has 0 unspecified atom stereocenters. The molecule has 41 heavy (non-hydrogen) atoms. The molecule has 3 nitrogen and oxygen atoms in total. The van der Waals surface area contributed by atoms with Crippen molar-refractivity contribution in [3.8, 4) is 55.6 Å². The molecule has 0 N–H and O–H groups in total. The van der Waals surface area contributed by atoms with Crippen molar-refractivity contribution in [2.24, 2.45) is 0 Å². The highest BCUT2D eigenvalue weighted by Crippen LogP contribution is 2.52. The summed E-state index contributed by atoms with van der Waals surface area (Å²) in [5.41, 5.74) is 15.0. The average molecular weight is 523 g/mol. The van der Waals surface area contributed by atoms with Gasteiger partial charge in [-0.15, -0.1) is 0 Å². The van der Waals surface area contributed by atoms with E-state index in [0.29, 0.717) is 0 Å². The Labute approximate surface area is 236 Å². The lowest BCUT2D eigenvalue weighted by molar-refractivity contribution is 0.670. The number of pyridine rings is 2. The molecule has 1 aliphatic carbocycles. The third kappa shape index (κ3) is 3.14. The van der Waals surface area contributed by atoms with Crippen LogP contribution in [0, 0.1) is 0 Å². The van der Waals surface area contributed by atoms with Gasteiger partial charge < -0.3 is 4.42 Å². The minimum absolute atomic E-state index is 0.875. The van der Waals surface area contributed by atoms with Gasteiger partial charge >= 0.3 is 0 Å². The van der Waals surface area contributed by atoms with Crippen LogP contribution in [0.1, 0.15) is 0 Å². The van der Waals surface area contributed by atoms with Crippen molar-refractivity contribution in [3.05, 3.63) is 134 Å². The first-order valence-electron chi connectivity index (χ1n) is 13.8. The monoisotopic (exact) mass is 522 g/mol. The smallest absolute Gasteiger partial charge is 0.143 e. The zero-order chi connectivity index (χ0) is 26.9. The molecule has 3 aromatic heterocycles.